The van der Waals surface area contributed by atoms with Gasteiger partial charge in [-0.25, -0.2) is 0 Å². The predicted octanol–water partition coefficient (Wildman–Crippen LogP) is 4.24. The maximum absolute atomic E-state index is 12.4. The Balaban J connectivity index is 2.28. The summed E-state index contributed by atoms with van der Waals surface area (Å²) in [5.41, 5.74) is 2.33. The highest BCUT2D eigenvalue weighted by Crippen LogP contribution is 2.24. The summed E-state index contributed by atoms with van der Waals surface area (Å²) >= 11 is 0. The molecule has 0 aromatic heterocycles. The summed E-state index contributed by atoms with van der Waals surface area (Å²) in [7, 11) is 0. The molecule has 0 aliphatic rings. The van der Waals surface area contributed by atoms with Crippen molar-refractivity contribution >= 4 is 5.78 Å². The molecule has 0 saturated heterocycles. The fourth-order valence-corrected chi connectivity index (χ4v) is 2.32. The van der Waals surface area contributed by atoms with Crippen LogP contribution >= 0.6 is 0 Å². The van der Waals surface area contributed by atoms with Crippen LogP contribution < -0.4 is 0 Å². The first kappa shape index (κ1) is 13.5. The van der Waals surface area contributed by atoms with E-state index in [0.717, 1.165) is 12.0 Å². The smallest absolute Gasteiger partial charge is 0.143 e. The molecular formula is C18H20O. The summed E-state index contributed by atoms with van der Waals surface area (Å²) in [6.45, 7) is 3.95. The van der Waals surface area contributed by atoms with Crippen molar-refractivity contribution in [3.05, 3.63) is 71.8 Å². The van der Waals surface area contributed by atoms with Gasteiger partial charge in [0.1, 0.15) is 5.78 Å². The molecule has 19 heavy (non-hydrogen) atoms. The van der Waals surface area contributed by atoms with E-state index in [-0.39, 0.29) is 11.8 Å². The predicted molar refractivity (Wildman–Crippen MR) is 79.2 cm³/mol. The van der Waals surface area contributed by atoms with Crippen molar-refractivity contribution in [1.29, 1.82) is 0 Å². The molecule has 2 rings (SSSR count). The zero-order valence-electron chi connectivity index (χ0n) is 11.5. The molecule has 0 aliphatic carbocycles. The largest absolute Gasteiger partial charge is 0.299 e. The average molecular weight is 252 g/mol. The zero-order valence-corrected chi connectivity index (χ0v) is 11.5. The number of hydrogen-bond acceptors (Lipinski definition) is 1. The van der Waals surface area contributed by atoms with Gasteiger partial charge in [0.15, 0.2) is 0 Å². The van der Waals surface area contributed by atoms with Crippen molar-refractivity contribution in [2.24, 2.45) is 5.92 Å². The quantitative estimate of drug-likeness (QED) is 0.778. The van der Waals surface area contributed by atoms with Crippen LogP contribution in [-0.4, -0.2) is 5.78 Å². The second-order valence-electron chi connectivity index (χ2n) is 5.21. The Kier molecular flexibility index (Phi) is 4.51. The van der Waals surface area contributed by atoms with Gasteiger partial charge in [-0.3, -0.25) is 4.79 Å². The van der Waals surface area contributed by atoms with Gasteiger partial charge in [-0.1, -0.05) is 74.5 Å². The first-order valence-electron chi connectivity index (χ1n) is 6.81. The molecule has 0 saturated carbocycles. The van der Waals surface area contributed by atoms with Crippen molar-refractivity contribution in [3.8, 4) is 0 Å². The molecule has 1 nitrogen and oxygen atoms in total. The Labute approximate surface area is 115 Å². The third-order valence-corrected chi connectivity index (χ3v) is 3.40. The molecule has 0 radical (unpaired) electrons. The Morgan fingerprint density at radius 1 is 0.895 bits per heavy atom. The summed E-state index contributed by atoms with van der Waals surface area (Å²) in [5, 5.41) is 0. The molecule has 2 aromatic carbocycles. The Morgan fingerprint density at radius 3 is 1.95 bits per heavy atom. The van der Waals surface area contributed by atoms with Crippen LogP contribution in [0.4, 0.5) is 0 Å². The topological polar surface area (TPSA) is 17.1 Å². The number of carbonyl (C=O) groups excluding carboxylic acids is 1. The van der Waals surface area contributed by atoms with Crippen LogP contribution in [0.2, 0.25) is 0 Å². The SMILES string of the molecule is CC(C)C(=O)C(Cc1ccccc1)c1ccccc1. The van der Waals surface area contributed by atoms with Crippen molar-refractivity contribution in [2.75, 3.05) is 0 Å². The van der Waals surface area contributed by atoms with E-state index in [9.17, 15) is 4.79 Å². The molecule has 0 heterocycles. The van der Waals surface area contributed by atoms with Gasteiger partial charge in [0.25, 0.3) is 0 Å². The van der Waals surface area contributed by atoms with E-state index < -0.39 is 0 Å². The number of carbonyl (C=O) groups is 1. The third-order valence-electron chi connectivity index (χ3n) is 3.40. The fraction of sp³-hybridized carbons (Fsp3) is 0.278. The summed E-state index contributed by atoms with van der Waals surface area (Å²) in [6.07, 6.45) is 0.780. The van der Waals surface area contributed by atoms with E-state index in [2.05, 4.69) is 12.1 Å². The van der Waals surface area contributed by atoms with Crippen LogP contribution in [0.5, 0.6) is 0 Å². The lowest BCUT2D eigenvalue weighted by Crippen LogP contribution is -2.20. The normalized spacial score (nSPS) is 12.4. The second kappa shape index (κ2) is 6.33. The minimum atomic E-state index is -0.0383. The van der Waals surface area contributed by atoms with E-state index in [1.165, 1.54) is 5.56 Å². The standard InChI is InChI=1S/C18H20O/c1-14(2)18(19)17(16-11-7-4-8-12-16)13-15-9-5-3-6-10-15/h3-12,14,17H,13H2,1-2H3. The molecule has 0 amide bonds. The first-order valence-corrected chi connectivity index (χ1v) is 6.81. The van der Waals surface area contributed by atoms with E-state index in [1.54, 1.807) is 0 Å². The van der Waals surface area contributed by atoms with Crippen molar-refractivity contribution in [2.45, 2.75) is 26.2 Å². The lowest BCUT2D eigenvalue weighted by Gasteiger charge is -2.18. The van der Waals surface area contributed by atoms with Crippen LogP contribution in [0.25, 0.3) is 0 Å². The Morgan fingerprint density at radius 2 is 1.42 bits per heavy atom. The summed E-state index contributed by atoms with van der Waals surface area (Å²) in [5.74, 6) is 0.340. The van der Waals surface area contributed by atoms with E-state index in [0.29, 0.717) is 5.78 Å². The van der Waals surface area contributed by atoms with Crippen LogP contribution in [0, 0.1) is 5.92 Å². The van der Waals surface area contributed by atoms with Gasteiger partial charge in [0, 0.05) is 11.8 Å². The fourth-order valence-electron chi connectivity index (χ4n) is 2.32. The molecule has 1 unspecified atom stereocenters. The van der Waals surface area contributed by atoms with Crippen LogP contribution in [0.15, 0.2) is 60.7 Å². The zero-order chi connectivity index (χ0) is 13.7. The van der Waals surface area contributed by atoms with E-state index in [1.807, 2.05) is 62.4 Å². The molecule has 0 spiro atoms. The Hall–Kier alpha value is -1.89. The monoisotopic (exact) mass is 252 g/mol. The summed E-state index contributed by atoms with van der Waals surface area (Å²) in [6, 6.07) is 20.3. The van der Waals surface area contributed by atoms with Gasteiger partial charge in [-0.15, -0.1) is 0 Å². The maximum atomic E-state index is 12.4. The van der Waals surface area contributed by atoms with Crippen LogP contribution in [0.1, 0.15) is 30.9 Å². The minimum absolute atomic E-state index is 0.0383. The van der Waals surface area contributed by atoms with Crippen molar-refractivity contribution in [3.63, 3.8) is 0 Å². The lowest BCUT2D eigenvalue weighted by molar-refractivity contribution is -0.123. The third kappa shape index (κ3) is 3.54. The van der Waals surface area contributed by atoms with E-state index in [4.69, 9.17) is 0 Å². The minimum Gasteiger partial charge on any atom is -0.299 e. The lowest BCUT2D eigenvalue weighted by atomic mass is 9.84. The molecule has 0 fully saturated rings. The molecule has 0 aliphatic heterocycles. The molecular weight excluding hydrogens is 232 g/mol. The van der Waals surface area contributed by atoms with Gasteiger partial charge in [0.05, 0.1) is 0 Å². The molecule has 0 N–H and O–H groups in total. The highest BCUT2D eigenvalue weighted by molar-refractivity contribution is 5.87. The Bertz CT molecular complexity index is 514. The number of hydrogen-bond donors (Lipinski definition) is 0. The van der Waals surface area contributed by atoms with Gasteiger partial charge >= 0.3 is 0 Å². The number of ketones is 1. The molecule has 0 bridgehead atoms. The second-order valence-corrected chi connectivity index (χ2v) is 5.21. The highest BCUT2D eigenvalue weighted by atomic mass is 16.1. The highest BCUT2D eigenvalue weighted by Gasteiger charge is 2.23. The summed E-state index contributed by atoms with van der Waals surface area (Å²) in [4.78, 5) is 12.4. The van der Waals surface area contributed by atoms with Gasteiger partial charge in [-0.2, -0.15) is 0 Å². The maximum Gasteiger partial charge on any atom is 0.143 e. The van der Waals surface area contributed by atoms with Crippen molar-refractivity contribution < 1.29 is 4.79 Å². The van der Waals surface area contributed by atoms with E-state index >= 15 is 0 Å². The number of benzene rings is 2. The average Bonchev–Trinajstić information content (AvgIpc) is 2.46. The molecule has 98 valence electrons. The molecule has 2 aromatic rings. The van der Waals surface area contributed by atoms with Crippen LogP contribution in [-0.2, 0) is 11.2 Å². The van der Waals surface area contributed by atoms with Crippen molar-refractivity contribution in [1.82, 2.24) is 0 Å². The molecule has 1 atom stereocenters. The summed E-state index contributed by atoms with van der Waals surface area (Å²) < 4.78 is 0. The van der Waals surface area contributed by atoms with Gasteiger partial charge in [-0.05, 0) is 17.5 Å². The number of rotatable bonds is 5. The van der Waals surface area contributed by atoms with Gasteiger partial charge < -0.3 is 0 Å². The number of Topliss-reactive ketones (excluding diaryl/α,β-unsaturated/α-hetero) is 1. The molecule has 1 heteroatoms. The van der Waals surface area contributed by atoms with Gasteiger partial charge in [0.2, 0.25) is 0 Å². The van der Waals surface area contributed by atoms with Crippen LogP contribution in [0.3, 0.4) is 0 Å². The first-order chi connectivity index (χ1) is 9.18.